The fourth-order valence-electron chi connectivity index (χ4n) is 5.35. The van der Waals surface area contributed by atoms with E-state index in [9.17, 15) is 0 Å². The van der Waals surface area contributed by atoms with Crippen LogP contribution in [0.5, 0.6) is 0 Å². The van der Waals surface area contributed by atoms with E-state index < -0.39 is 0 Å². The van der Waals surface area contributed by atoms with Crippen molar-refractivity contribution in [3.05, 3.63) is 139 Å². The van der Waals surface area contributed by atoms with Gasteiger partial charge in [-0.25, -0.2) is 15.0 Å². The molecule has 1 aliphatic rings. The highest BCUT2D eigenvalue weighted by atomic mass is 15.5. The van der Waals surface area contributed by atoms with Gasteiger partial charge in [0.1, 0.15) is 5.22 Å². The summed E-state index contributed by atoms with van der Waals surface area (Å²) in [5.74, 6) is 1.70. The molecule has 0 radical (unpaired) electrons. The van der Waals surface area contributed by atoms with Gasteiger partial charge >= 0.3 is 0 Å². The second-order valence-corrected chi connectivity index (χ2v) is 10.4. The van der Waals surface area contributed by atoms with Crippen LogP contribution in [0.15, 0.2) is 144 Å². The van der Waals surface area contributed by atoms with Crippen molar-refractivity contribution in [3.63, 3.8) is 0 Å². The van der Waals surface area contributed by atoms with Crippen LogP contribution in [0.1, 0.15) is 5.82 Å². The van der Waals surface area contributed by atoms with Gasteiger partial charge in [0.2, 0.25) is 5.82 Å². The van der Waals surface area contributed by atoms with Gasteiger partial charge in [-0.2, -0.15) is 0 Å². The summed E-state index contributed by atoms with van der Waals surface area (Å²) in [6, 6.07) is 43.1. The molecule has 0 atom stereocenters. The Hall–Kier alpha value is -5.95. The lowest BCUT2D eigenvalue weighted by Crippen LogP contribution is -2.16. The third kappa shape index (κ3) is 4.83. The number of nitrogens with zero attached hydrogens (tertiary/aromatic N) is 7. The molecule has 7 nitrogen and oxygen atoms in total. The Bertz CT molecular complexity index is 2120. The third-order valence-electron chi connectivity index (χ3n) is 7.59. The zero-order valence-electron chi connectivity index (χ0n) is 23.0. The molecule has 7 heteroatoms. The van der Waals surface area contributed by atoms with Crippen molar-refractivity contribution in [2.45, 2.75) is 0 Å². The maximum absolute atomic E-state index is 4.95. The van der Waals surface area contributed by atoms with Crippen LogP contribution in [0.3, 0.4) is 0 Å². The van der Waals surface area contributed by atoms with Crippen LogP contribution in [-0.4, -0.2) is 36.9 Å². The number of pyridine rings is 1. The van der Waals surface area contributed by atoms with Gasteiger partial charge in [-0.1, -0.05) is 91.0 Å². The van der Waals surface area contributed by atoms with Gasteiger partial charge in [0.15, 0.2) is 23.9 Å². The Kier molecular flexibility index (Phi) is 6.04. The predicted molar refractivity (Wildman–Crippen MR) is 169 cm³/mol. The zero-order chi connectivity index (χ0) is 28.6. The first-order valence-electron chi connectivity index (χ1n) is 14.1. The number of benzene rings is 5. The first-order chi connectivity index (χ1) is 21.3. The summed E-state index contributed by atoms with van der Waals surface area (Å²) in [6.07, 6.45) is 1.80. The van der Waals surface area contributed by atoms with E-state index in [4.69, 9.17) is 15.0 Å². The fraction of sp³-hybridized carbons (Fsp3) is 0.0278. The maximum atomic E-state index is 4.95. The summed E-state index contributed by atoms with van der Waals surface area (Å²) >= 11 is 0. The molecule has 0 spiro atoms. The van der Waals surface area contributed by atoms with E-state index in [1.807, 2.05) is 65.4 Å². The molecule has 8 rings (SSSR count). The average molecular weight is 555 g/mol. The van der Waals surface area contributed by atoms with E-state index in [0.717, 1.165) is 49.6 Å². The molecule has 0 fully saturated rings. The van der Waals surface area contributed by atoms with Gasteiger partial charge in [0.25, 0.3) is 5.71 Å². The van der Waals surface area contributed by atoms with Gasteiger partial charge in [0, 0.05) is 22.9 Å². The standard InChI is InChI=1S/C36H24N7/c1-3-10-26-20-29(17-15-24(26)8-1)34-38-35(30-18-16-25-9-2-4-11-27(25)21-30)40-36(39-34)33-23-43(42-41-33)31-13-7-12-28(22-31)32-14-5-6-19-37-32/h1-22H,23H2/q+1. The Labute approximate surface area is 247 Å². The lowest BCUT2D eigenvalue weighted by molar-refractivity contribution is -0.492. The molecule has 5 aromatic carbocycles. The molecule has 0 saturated carbocycles. The van der Waals surface area contributed by atoms with E-state index in [2.05, 4.69) is 82.0 Å². The molecule has 0 saturated heterocycles. The lowest BCUT2D eigenvalue weighted by Gasteiger charge is -2.08. The number of fused-ring (bicyclic) bond motifs is 2. The largest absolute Gasteiger partial charge is 0.268 e. The molecule has 0 aliphatic carbocycles. The Morgan fingerprint density at radius 3 is 1.77 bits per heavy atom. The fourth-order valence-corrected chi connectivity index (χ4v) is 5.35. The number of rotatable bonds is 5. The predicted octanol–water partition coefficient (Wildman–Crippen LogP) is 8.09. The minimum Gasteiger partial charge on any atom is -0.256 e. The highest BCUT2D eigenvalue weighted by Crippen LogP contribution is 2.28. The molecular formula is C36H24N7+. The molecular weight excluding hydrogens is 530 g/mol. The van der Waals surface area contributed by atoms with Crippen LogP contribution in [-0.2, 0) is 0 Å². The highest BCUT2D eigenvalue weighted by molar-refractivity contribution is 5.99. The smallest absolute Gasteiger partial charge is 0.256 e. The van der Waals surface area contributed by atoms with E-state index in [1.165, 1.54) is 0 Å². The number of aromatic nitrogens is 4. The monoisotopic (exact) mass is 554 g/mol. The summed E-state index contributed by atoms with van der Waals surface area (Å²) in [6.45, 7) is 0.435. The van der Waals surface area contributed by atoms with Crippen LogP contribution < -0.4 is 0 Å². The molecule has 43 heavy (non-hydrogen) atoms. The second kappa shape index (κ2) is 10.5. The number of hydrogen-bond acceptors (Lipinski definition) is 6. The third-order valence-corrected chi connectivity index (χ3v) is 7.59. The van der Waals surface area contributed by atoms with E-state index >= 15 is 0 Å². The van der Waals surface area contributed by atoms with Gasteiger partial charge in [-0.3, -0.25) is 4.98 Å². The lowest BCUT2D eigenvalue weighted by atomic mass is 10.1. The molecule has 1 aliphatic heterocycles. The summed E-state index contributed by atoms with van der Waals surface area (Å²) < 4.78 is 1.86. The maximum Gasteiger partial charge on any atom is 0.268 e. The summed E-state index contributed by atoms with van der Waals surface area (Å²) in [7, 11) is 0. The normalized spacial score (nSPS) is 12.8. The van der Waals surface area contributed by atoms with Gasteiger partial charge in [-0.05, 0) is 57.9 Å². The van der Waals surface area contributed by atoms with Crippen molar-refractivity contribution in [2.24, 2.45) is 10.3 Å². The topological polar surface area (TPSA) is 79.3 Å². The van der Waals surface area contributed by atoms with E-state index in [0.29, 0.717) is 29.7 Å². The molecule has 3 heterocycles. The first-order valence-corrected chi connectivity index (χ1v) is 14.1. The van der Waals surface area contributed by atoms with Crippen LogP contribution in [0.25, 0.3) is 55.6 Å². The van der Waals surface area contributed by atoms with E-state index in [-0.39, 0.29) is 0 Å². The van der Waals surface area contributed by atoms with Crippen molar-refractivity contribution >= 4 is 32.9 Å². The second-order valence-electron chi connectivity index (χ2n) is 10.4. The van der Waals surface area contributed by atoms with Crippen LogP contribution in [0, 0.1) is 0 Å². The van der Waals surface area contributed by atoms with Gasteiger partial charge in [0.05, 0.1) is 10.8 Å². The van der Waals surface area contributed by atoms with Crippen molar-refractivity contribution in [1.29, 1.82) is 0 Å². The summed E-state index contributed by atoms with van der Waals surface area (Å²) in [5, 5.41) is 13.6. The summed E-state index contributed by atoms with van der Waals surface area (Å²) in [5.41, 5.74) is 5.34. The first kappa shape index (κ1) is 24.8. The van der Waals surface area contributed by atoms with Crippen molar-refractivity contribution in [2.75, 3.05) is 6.54 Å². The minimum absolute atomic E-state index is 0.435. The van der Waals surface area contributed by atoms with Crippen molar-refractivity contribution in [3.8, 4) is 34.0 Å². The zero-order valence-corrected chi connectivity index (χ0v) is 23.0. The molecule has 0 unspecified atom stereocenters. The molecule has 0 N–H and O–H groups in total. The molecule has 2 aromatic heterocycles. The number of hydrogen-bond donors (Lipinski definition) is 0. The van der Waals surface area contributed by atoms with Crippen molar-refractivity contribution < 1.29 is 4.70 Å². The molecule has 0 bridgehead atoms. The van der Waals surface area contributed by atoms with Crippen LogP contribution >= 0.6 is 0 Å². The molecule has 0 amide bonds. The average Bonchev–Trinajstić information content (AvgIpc) is 3.59. The SMILES string of the molecule is c1ccc(-c2cccc([N+]3=NN=C(c4nc(-c5ccc6ccccc6c5)nc(-c5ccc6ccccc6c5)n4)C3)c2)nc1. The summed E-state index contributed by atoms with van der Waals surface area (Å²) in [4.78, 5) is 19.3. The Balaban J connectivity index is 1.19. The Morgan fingerprint density at radius 1 is 0.488 bits per heavy atom. The van der Waals surface area contributed by atoms with Crippen LogP contribution in [0.4, 0.5) is 5.69 Å². The molecule has 7 aromatic rings. The molecule has 202 valence electrons. The van der Waals surface area contributed by atoms with Crippen LogP contribution in [0.2, 0.25) is 0 Å². The Morgan fingerprint density at radius 2 is 1.12 bits per heavy atom. The highest BCUT2D eigenvalue weighted by Gasteiger charge is 2.28. The van der Waals surface area contributed by atoms with Gasteiger partial charge in [-0.15, -0.1) is 4.70 Å². The van der Waals surface area contributed by atoms with Gasteiger partial charge < -0.3 is 0 Å². The minimum atomic E-state index is 0.435. The van der Waals surface area contributed by atoms with Crippen molar-refractivity contribution in [1.82, 2.24) is 19.9 Å². The quantitative estimate of drug-likeness (QED) is 0.201. The van der Waals surface area contributed by atoms with E-state index in [1.54, 1.807) is 6.20 Å².